The van der Waals surface area contributed by atoms with E-state index in [2.05, 4.69) is 19.8 Å². The van der Waals surface area contributed by atoms with E-state index in [1.165, 1.54) is 0 Å². The summed E-state index contributed by atoms with van der Waals surface area (Å²) in [5, 5.41) is 0. The molecule has 2 aliphatic heterocycles. The van der Waals surface area contributed by atoms with Crippen LogP contribution < -0.4 is 20.1 Å². The molecule has 0 N–H and O–H groups in total. The monoisotopic (exact) mass is 509 g/mol. The number of piperazine rings is 1. The molecule has 190 valence electrons. The van der Waals surface area contributed by atoms with Gasteiger partial charge in [0.2, 0.25) is 5.88 Å². The van der Waals surface area contributed by atoms with Crippen molar-refractivity contribution < 1.29 is 31.4 Å². The lowest BCUT2D eigenvalue weighted by Crippen LogP contribution is -2.50. The molecule has 13 heteroatoms. The number of hydrogen-bond donors (Lipinski definition) is 0. The average Bonchev–Trinajstić information content (AvgIpc) is 3.18. The van der Waals surface area contributed by atoms with Gasteiger partial charge in [-0.1, -0.05) is 0 Å². The number of nitrogens with zero attached hydrogens (tertiary/aromatic N) is 5. The number of hydrogen-bond acceptors (Lipinski definition) is 7. The first kappa shape index (κ1) is 24.0. The Hall–Kier alpha value is -3.74. The highest BCUT2D eigenvalue weighted by Crippen LogP contribution is 2.33. The van der Waals surface area contributed by atoms with Crippen molar-refractivity contribution in [3.8, 4) is 17.4 Å². The van der Waals surface area contributed by atoms with Crippen molar-refractivity contribution in [3.63, 3.8) is 0 Å². The van der Waals surface area contributed by atoms with Gasteiger partial charge in [-0.15, -0.1) is 0 Å². The maximum Gasteiger partial charge on any atom is 0.433 e. The molecule has 0 radical (unpaired) electrons. The molecule has 1 aromatic carbocycles. The number of pyridine rings is 1. The fraction of sp³-hybridized carbons (Fsp3) is 0.348. The Kier molecular flexibility index (Phi) is 6.02. The summed E-state index contributed by atoms with van der Waals surface area (Å²) in [5.41, 5.74) is -1.66. The Morgan fingerprint density at radius 2 is 1.83 bits per heavy atom. The molecule has 1 atom stereocenters. The number of fused-ring (bicyclic) bond motifs is 3. The minimum atomic E-state index is -4.74. The summed E-state index contributed by atoms with van der Waals surface area (Å²) in [7, 11) is 2.02. The molecule has 1 saturated heterocycles. The Labute approximate surface area is 201 Å². The van der Waals surface area contributed by atoms with Crippen molar-refractivity contribution in [1.29, 1.82) is 0 Å². The van der Waals surface area contributed by atoms with Gasteiger partial charge in [0.1, 0.15) is 23.9 Å². The highest BCUT2D eigenvalue weighted by Gasteiger charge is 2.35. The molecule has 4 heterocycles. The van der Waals surface area contributed by atoms with Crippen molar-refractivity contribution >= 4 is 5.82 Å². The zero-order valence-corrected chi connectivity index (χ0v) is 18.9. The van der Waals surface area contributed by atoms with E-state index in [9.17, 15) is 26.7 Å². The van der Waals surface area contributed by atoms with Gasteiger partial charge in [0.25, 0.3) is 0 Å². The third-order valence-corrected chi connectivity index (χ3v) is 6.03. The van der Waals surface area contributed by atoms with Gasteiger partial charge in [-0.25, -0.2) is 13.6 Å². The zero-order chi connectivity index (χ0) is 25.6. The molecule has 8 nitrogen and oxygen atoms in total. The fourth-order valence-electron chi connectivity index (χ4n) is 4.33. The van der Waals surface area contributed by atoms with Crippen molar-refractivity contribution in [2.45, 2.75) is 25.4 Å². The van der Waals surface area contributed by atoms with Crippen LogP contribution in [-0.2, 0) is 19.3 Å². The number of rotatable bonds is 5. The van der Waals surface area contributed by atoms with Crippen LogP contribution in [0.25, 0.3) is 0 Å². The molecule has 36 heavy (non-hydrogen) atoms. The summed E-state index contributed by atoms with van der Waals surface area (Å²) in [6.45, 7) is 2.60. The minimum absolute atomic E-state index is 0.0171. The van der Waals surface area contributed by atoms with E-state index in [1.807, 2.05) is 7.05 Å². The largest absolute Gasteiger partial charge is 0.473 e. The molecule has 1 unspecified atom stereocenters. The van der Waals surface area contributed by atoms with Crippen LogP contribution in [0.1, 0.15) is 11.3 Å². The second kappa shape index (κ2) is 9.04. The molecule has 0 saturated carbocycles. The number of aromatic nitrogens is 3. The number of likely N-dealkylation sites (N-methyl/N-ethyl adjacent to an activating group) is 1. The lowest BCUT2D eigenvalue weighted by Gasteiger charge is -2.36. The predicted octanol–water partition coefficient (Wildman–Crippen LogP) is 3.44. The van der Waals surface area contributed by atoms with Crippen molar-refractivity contribution in [2.75, 3.05) is 31.6 Å². The summed E-state index contributed by atoms with van der Waals surface area (Å²) in [6.07, 6.45) is -3.91. The van der Waals surface area contributed by atoms with Crippen LogP contribution >= 0.6 is 0 Å². The highest BCUT2D eigenvalue weighted by atomic mass is 19.4. The first-order valence-electron chi connectivity index (χ1n) is 11.0. The SMILES string of the molecule is CN1CCN2c3cc(OCc4cc(F)c(Oc5ccnc(C(F)(F)F)c5)c(F)c4)nc(=O)n3CC2C1. The summed E-state index contributed by atoms with van der Waals surface area (Å²) in [5.74, 6) is -2.87. The van der Waals surface area contributed by atoms with Crippen molar-refractivity contribution in [2.24, 2.45) is 0 Å². The van der Waals surface area contributed by atoms with Gasteiger partial charge < -0.3 is 19.3 Å². The fourth-order valence-corrected chi connectivity index (χ4v) is 4.33. The van der Waals surface area contributed by atoms with Gasteiger partial charge in [-0.2, -0.15) is 18.2 Å². The van der Waals surface area contributed by atoms with Crippen LogP contribution in [-0.4, -0.2) is 52.2 Å². The van der Waals surface area contributed by atoms with E-state index in [4.69, 9.17) is 9.47 Å². The third-order valence-electron chi connectivity index (χ3n) is 6.03. The topological polar surface area (TPSA) is 72.7 Å². The van der Waals surface area contributed by atoms with Crippen molar-refractivity contribution in [3.05, 3.63) is 69.9 Å². The summed E-state index contributed by atoms with van der Waals surface area (Å²) in [4.78, 5) is 23.9. The molecule has 1 fully saturated rings. The summed E-state index contributed by atoms with van der Waals surface area (Å²) < 4.78 is 79.8. The van der Waals surface area contributed by atoms with Gasteiger partial charge in [-0.3, -0.25) is 9.55 Å². The second-order valence-corrected chi connectivity index (χ2v) is 8.61. The highest BCUT2D eigenvalue weighted by molar-refractivity contribution is 5.47. The van der Waals surface area contributed by atoms with E-state index in [1.54, 1.807) is 10.6 Å². The Bertz CT molecular complexity index is 1340. The molecular formula is C23H20F5N5O3. The predicted molar refractivity (Wildman–Crippen MR) is 117 cm³/mol. The van der Waals surface area contributed by atoms with Crippen molar-refractivity contribution in [1.82, 2.24) is 19.4 Å². The number of alkyl halides is 3. The zero-order valence-electron chi connectivity index (χ0n) is 18.9. The van der Waals surface area contributed by atoms with Crippen LogP contribution in [0.2, 0.25) is 0 Å². The van der Waals surface area contributed by atoms with Gasteiger partial charge in [-0.05, 0) is 30.8 Å². The molecule has 0 amide bonds. The second-order valence-electron chi connectivity index (χ2n) is 8.61. The Morgan fingerprint density at radius 3 is 2.56 bits per heavy atom. The quantitative estimate of drug-likeness (QED) is 0.488. The molecule has 2 aromatic heterocycles. The summed E-state index contributed by atoms with van der Waals surface area (Å²) >= 11 is 0. The lowest BCUT2D eigenvalue weighted by molar-refractivity contribution is -0.141. The van der Waals surface area contributed by atoms with Crippen LogP contribution in [0.5, 0.6) is 17.4 Å². The maximum atomic E-state index is 14.6. The normalized spacial score (nSPS) is 17.6. The van der Waals surface area contributed by atoms with Crippen LogP contribution in [0, 0.1) is 11.6 Å². The van der Waals surface area contributed by atoms with E-state index in [0.717, 1.165) is 44.0 Å². The van der Waals surface area contributed by atoms with Gasteiger partial charge >= 0.3 is 11.9 Å². The van der Waals surface area contributed by atoms with Crippen LogP contribution in [0.4, 0.5) is 27.8 Å². The molecular weight excluding hydrogens is 489 g/mol. The molecule has 0 bridgehead atoms. The van der Waals surface area contributed by atoms with Gasteiger partial charge in [0.15, 0.2) is 17.4 Å². The standard InChI is InChI=1S/C23H20F5N5O3/c1-31-4-5-32-14(10-31)11-33-20(32)9-19(30-22(33)34)35-12-13-6-16(24)21(17(25)7-13)36-15-2-3-29-18(8-15)23(26,27)28/h2-3,6-9,14H,4-5,10-12H2,1H3. The number of halogens is 5. The van der Waals surface area contributed by atoms with Gasteiger partial charge in [0.05, 0.1) is 12.6 Å². The molecule has 2 aliphatic rings. The molecule has 3 aromatic rings. The van der Waals surface area contributed by atoms with Crippen LogP contribution in [0.3, 0.4) is 0 Å². The average molecular weight is 509 g/mol. The van der Waals surface area contributed by atoms with Gasteiger partial charge in [0, 0.05) is 38.0 Å². The van der Waals surface area contributed by atoms with E-state index < -0.39 is 40.7 Å². The maximum absolute atomic E-state index is 14.6. The molecule has 5 rings (SSSR count). The van der Waals surface area contributed by atoms with E-state index >= 15 is 0 Å². The Morgan fingerprint density at radius 1 is 1.08 bits per heavy atom. The van der Waals surface area contributed by atoms with E-state index in [0.29, 0.717) is 18.4 Å². The van der Waals surface area contributed by atoms with E-state index in [-0.39, 0.29) is 24.1 Å². The molecule has 0 spiro atoms. The summed E-state index contributed by atoms with van der Waals surface area (Å²) in [6, 6.07) is 5.23. The number of ether oxygens (including phenoxy) is 2. The van der Waals surface area contributed by atoms with Crippen LogP contribution in [0.15, 0.2) is 41.3 Å². The molecule has 0 aliphatic carbocycles. The first-order chi connectivity index (χ1) is 17.1. The number of anilines is 1. The third kappa shape index (κ3) is 4.70. The Balaban J connectivity index is 1.31. The minimum Gasteiger partial charge on any atom is -0.473 e. The first-order valence-corrected chi connectivity index (χ1v) is 11.0. The number of benzene rings is 1. The smallest absolute Gasteiger partial charge is 0.433 e. The lowest BCUT2D eigenvalue weighted by atomic mass is 10.2.